The smallest absolute Gasteiger partial charge is 0.475 e. The van der Waals surface area contributed by atoms with Crippen LogP contribution in [0.2, 0.25) is 5.02 Å². The molecule has 4 rings (SSSR count). The van der Waals surface area contributed by atoms with E-state index in [2.05, 4.69) is 39.0 Å². The molecule has 0 bridgehead atoms. The van der Waals surface area contributed by atoms with Crippen molar-refractivity contribution >= 4 is 49.7 Å². The first-order chi connectivity index (χ1) is 16.8. The van der Waals surface area contributed by atoms with Crippen molar-refractivity contribution in [2.24, 2.45) is 0 Å². The van der Waals surface area contributed by atoms with Gasteiger partial charge in [-0.05, 0) is 30.7 Å². The zero-order valence-corrected chi connectivity index (χ0v) is 21.2. The molecule has 8 nitrogen and oxygen atoms in total. The van der Waals surface area contributed by atoms with Crippen molar-refractivity contribution in [2.75, 3.05) is 23.1 Å². The number of aromatic nitrogens is 1. The van der Waals surface area contributed by atoms with Gasteiger partial charge in [-0.3, -0.25) is 9.62 Å². The molecule has 2 aromatic carbocycles. The summed E-state index contributed by atoms with van der Waals surface area (Å²) < 4.78 is 59.2. The van der Waals surface area contributed by atoms with Crippen LogP contribution in [0.1, 0.15) is 12.5 Å². The Morgan fingerprint density at radius 3 is 2.39 bits per heavy atom. The molecule has 0 aliphatic carbocycles. The van der Waals surface area contributed by atoms with Crippen molar-refractivity contribution in [1.29, 1.82) is 0 Å². The number of alkyl halides is 3. The van der Waals surface area contributed by atoms with Gasteiger partial charge in [-0.15, -0.1) is 11.3 Å². The predicted molar refractivity (Wildman–Crippen MR) is 132 cm³/mol. The topological polar surface area (TPSA) is 112 Å². The van der Waals surface area contributed by atoms with Crippen LogP contribution in [0.4, 0.5) is 24.0 Å². The lowest BCUT2D eigenvalue weighted by molar-refractivity contribution is -0.192. The number of anilines is 2. The van der Waals surface area contributed by atoms with Crippen molar-refractivity contribution in [3.63, 3.8) is 0 Å². The van der Waals surface area contributed by atoms with E-state index in [0.29, 0.717) is 10.2 Å². The first-order valence-corrected chi connectivity index (χ1v) is 13.1. The lowest BCUT2D eigenvalue weighted by Gasteiger charge is -2.49. The molecule has 3 N–H and O–H groups in total. The maximum absolute atomic E-state index is 12.5. The second-order valence-electron chi connectivity index (χ2n) is 8.20. The zero-order valence-electron chi connectivity index (χ0n) is 18.8. The van der Waals surface area contributed by atoms with E-state index in [-0.39, 0.29) is 10.4 Å². The first-order valence-electron chi connectivity index (χ1n) is 10.3. The number of thiazole rings is 1. The van der Waals surface area contributed by atoms with E-state index in [0.717, 1.165) is 25.3 Å². The maximum Gasteiger partial charge on any atom is 0.490 e. The highest BCUT2D eigenvalue weighted by Crippen LogP contribution is 2.32. The second kappa shape index (κ2) is 11.0. The minimum Gasteiger partial charge on any atom is -0.475 e. The van der Waals surface area contributed by atoms with Gasteiger partial charge in [0.15, 0.2) is 5.13 Å². The number of aliphatic carboxylic acids is 1. The number of nitrogens with zero attached hydrogens (tertiary/aromatic N) is 2. The number of benzene rings is 2. The summed E-state index contributed by atoms with van der Waals surface area (Å²) >= 11 is 7.61. The Hall–Kier alpha value is -2.87. The predicted octanol–water partition coefficient (Wildman–Crippen LogP) is 4.92. The Labute approximate surface area is 214 Å². The molecule has 36 heavy (non-hydrogen) atoms. The number of sulfonamides is 1. The van der Waals surface area contributed by atoms with E-state index >= 15 is 0 Å². The molecule has 1 aromatic heterocycles. The molecule has 3 aromatic rings. The van der Waals surface area contributed by atoms with Crippen molar-refractivity contribution in [1.82, 2.24) is 9.88 Å². The number of hydrogen-bond acceptors (Lipinski definition) is 7. The van der Waals surface area contributed by atoms with Gasteiger partial charge in [0.2, 0.25) is 0 Å². The largest absolute Gasteiger partial charge is 0.490 e. The number of rotatable bonds is 7. The van der Waals surface area contributed by atoms with E-state index in [1.807, 2.05) is 18.2 Å². The van der Waals surface area contributed by atoms with E-state index < -0.39 is 22.2 Å². The zero-order chi connectivity index (χ0) is 26.6. The number of carboxylic acid groups (broad SMARTS) is 1. The van der Waals surface area contributed by atoms with Crippen LogP contribution in [0.3, 0.4) is 0 Å². The van der Waals surface area contributed by atoms with Gasteiger partial charge in [0.25, 0.3) is 10.0 Å². The number of carbonyl (C=O) groups is 1. The highest BCUT2D eigenvalue weighted by atomic mass is 35.5. The van der Waals surface area contributed by atoms with Crippen LogP contribution in [0.15, 0.2) is 65.0 Å². The van der Waals surface area contributed by atoms with Gasteiger partial charge < -0.3 is 10.4 Å². The summed E-state index contributed by atoms with van der Waals surface area (Å²) in [6, 6.07) is 15.1. The Morgan fingerprint density at radius 2 is 1.86 bits per heavy atom. The van der Waals surface area contributed by atoms with Crippen LogP contribution >= 0.6 is 22.9 Å². The molecule has 1 aliphatic rings. The van der Waals surface area contributed by atoms with Crippen LogP contribution in [0, 0.1) is 0 Å². The highest BCUT2D eigenvalue weighted by molar-refractivity contribution is 7.93. The van der Waals surface area contributed by atoms with Gasteiger partial charge in [-0.1, -0.05) is 41.9 Å². The van der Waals surface area contributed by atoms with Crippen LogP contribution in [-0.2, 0) is 21.4 Å². The molecule has 0 spiro atoms. The third-order valence-electron chi connectivity index (χ3n) is 4.98. The number of nitrogens with one attached hydrogen (secondary N) is 2. The third kappa shape index (κ3) is 7.56. The average Bonchev–Trinajstić information content (AvgIpc) is 3.27. The summed E-state index contributed by atoms with van der Waals surface area (Å²) in [6.45, 7) is 4.80. The Kier molecular flexibility index (Phi) is 8.49. The van der Waals surface area contributed by atoms with Crippen LogP contribution in [-0.4, -0.2) is 54.2 Å². The Balaban J connectivity index is 0.000000454. The van der Waals surface area contributed by atoms with E-state index in [1.165, 1.54) is 23.0 Å². The maximum atomic E-state index is 12.5. The monoisotopic (exact) mass is 562 g/mol. The molecule has 1 aliphatic heterocycles. The van der Waals surface area contributed by atoms with Gasteiger partial charge in [0.1, 0.15) is 0 Å². The lowest BCUT2D eigenvalue weighted by Crippen LogP contribution is -2.63. The van der Waals surface area contributed by atoms with Crippen molar-refractivity contribution in [3.05, 3.63) is 70.7 Å². The summed E-state index contributed by atoms with van der Waals surface area (Å²) in [5, 5.41) is 13.0. The van der Waals surface area contributed by atoms with E-state index in [1.54, 1.807) is 23.7 Å². The van der Waals surface area contributed by atoms with Crippen LogP contribution in [0.5, 0.6) is 0 Å². The van der Waals surface area contributed by atoms with Crippen LogP contribution in [0.25, 0.3) is 0 Å². The van der Waals surface area contributed by atoms with Crippen molar-refractivity contribution < 1.29 is 31.5 Å². The van der Waals surface area contributed by atoms with Crippen LogP contribution < -0.4 is 10.0 Å². The average molecular weight is 563 g/mol. The molecule has 0 saturated carbocycles. The molecular formula is C22H22ClF3N4O4S2. The number of hydrogen-bond donors (Lipinski definition) is 3. The fourth-order valence-electron chi connectivity index (χ4n) is 3.51. The molecule has 2 heterocycles. The quantitative estimate of drug-likeness (QED) is 0.375. The molecule has 0 atom stereocenters. The number of carboxylic acids is 1. The number of halogens is 4. The summed E-state index contributed by atoms with van der Waals surface area (Å²) in [4.78, 5) is 15.3. The third-order valence-corrected chi connectivity index (χ3v) is 7.45. The summed E-state index contributed by atoms with van der Waals surface area (Å²) in [7, 11) is -3.72. The molecule has 0 radical (unpaired) electrons. The van der Waals surface area contributed by atoms with E-state index in [9.17, 15) is 21.6 Å². The highest BCUT2D eigenvalue weighted by Gasteiger charge is 2.39. The fourth-order valence-corrected chi connectivity index (χ4v) is 5.62. The van der Waals surface area contributed by atoms with Gasteiger partial charge in [-0.25, -0.2) is 18.2 Å². The SMILES string of the molecule is CC1(Nc2ccc(S(=O)(=O)Nc3nccs3)cc2Cl)CN(Cc2ccccc2)C1.O=C(O)C(F)(F)F. The molecular weight excluding hydrogens is 541 g/mol. The standard InChI is InChI=1S/C20H21ClN4O2S2.C2HF3O2/c1-20(13-25(14-20)12-15-5-3-2-4-6-15)23-18-8-7-16(11-17(18)21)29(26,27)24-19-22-9-10-28-19;3-2(4,5)1(6)7/h2-11,23H,12-14H2,1H3,(H,22,24);(H,6,7). The molecule has 0 amide bonds. The van der Waals surface area contributed by atoms with Crippen molar-refractivity contribution in [2.45, 2.75) is 30.1 Å². The molecule has 194 valence electrons. The Morgan fingerprint density at radius 1 is 1.22 bits per heavy atom. The second-order valence-corrected chi connectivity index (χ2v) is 11.2. The first kappa shape index (κ1) is 27.7. The minimum atomic E-state index is -5.08. The molecule has 14 heteroatoms. The molecule has 0 unspecified atom stereocenters. The minimum absolute atomic E-state index is 0.104. The van der Waals surface area contributed by atoms with Gasteiger partial charge in [0.05, 0.1) is 21.1 Å². The van der Waals surface area contributed by atoms with Gasteiger partial charge in [0, 0.05) is 31.2 Å². The summed E-state index contributed by atoms with van der Waals surface area (Å²) in [5.74, 6) is -2.76. The van der Waals surface area contributed by atoms with Gasteiger partial charge >= 0.3 is 12.1 Å². The van der Waals surface area contributed by atoms with E-state index in [4.69, 9.17) is 21.5 Å². The fraction of sp³-hybridized carbons (Fsp3) is 0.273. The summed E-state index contributed by atoms with van der Waals surface area (Å²) in [5.41, 5.74) is 1.90. The molecule has 1 fully saturated rings. The molecule has 1 saturated heterocycles. The Bertz CT molecular complexity index is 1280. The normalized spacial score (nSPS) is 15.2. The number of likely N-dealkylation sites (tertiary alicyclic amines) is 1. The summed E-state index contributed by atoms with van der Waals surface area (Å²) in [6.07, 6.45) is -3.54. The van der Waals surface area contributed by atoms with Crippen molar-refractivity contribution in [3.8, 4) is 0 Å². The lowest BCUT2D eigenvalue weighted by atomic mass is 9.91. The van der Waals surface area contributed by atoms with Gasteiger partial charge in [-0.2, -0.15) is 13.2 Å².